The Balaban J connectivity index is 3.17. The van der Waals surface area contributed by atoms with Crippen LogP contribution in [0, 0.1) is 0 Å². The van der Waals surface area contributed by atoms with Gasteiger partial charge >= 0.3 is 5.97 Å². The van der Waals surface area contributed by atoms with Gasteiger partial charge in [-0.3, -0.25) is 0 Å². The van der Waals surface area contributed by atoms with Crippen LogP contribution < -0.4 is 4.74 Å². The van der Waals surface area contributed by atoms with Crippen LogP contribution in [0.25, 0.3) is 0 Å². The van der Waals surface area contributed by atoms with Crippen LogP contribution in [0.5, 0.6) is 5.75 Å². The molecule has 1 rings (SSSR count). The van der Waals surface area contributed by atoms with E-state index in [9.17, 15) is 14.7 Å². The Morgan fingerprint density at radius 2 is 1.92 bits per heavy atom. The molecule has 0 aliphatic carbocycles. The molecule has 0 spiro atoms. The number of rotatable bonds is 14. The van der Waals surface area contributed by atoms with E-state index in [2.05, 4.69) is 0 Å². The van der Waals surface area contributed by atoms with Crippen LogP contribution in [0.15, 0.2) is 24.3 Å². The fraction of sp³-hybridized carbons (Fsp3) is 0.600. The monoisotopic (exact) mass is 366 g/mol. The molecular weight excluding hydrogens is 336 g/mol. The zero-order valence-corrected chi connectivity index (χ0v) is 15.9. The number of carbonyl (C=O) groups is 2. The lowest BCUT2D eigenvalue weighted by atomic mass is 9.88. The van der Waals surface area contributed by atoms with E-state index in [0.29, 0.717) is 30.6 Å². The fourth-order valence-electron chi connectivity index (χ4n) is 2.62. The summed E-state index contributed by atoms with van der Waals surface area (Å²) in [7, 11) is 1.55. The van der Waals surface area contributed by atoms with Crippen LogP contribution in [0.3, 0.4) is 0 Å². The minimum absolute atomic E-state index is 0.0127. The predicted molar refractivity (Wildman–Crippen MR) is 98.6 cm³/mol. The molecule has 0 aliphatic heterocycles. The average Bonchev–Trinajstić information content (AvgIpc) is 2.64. The molecule has 2 atom stereocenters. The molecule has 1 aromatic rings. The Kier molecular flexibility index (Phi) is 9.91. The second-order valence-corrected chi connectivity index (χ2v) is 6.21. The minimum Gasteiger partial charge on any atom is -0.497 e. The Morgan fingerprint density at radius 3 is 2.50 bits per heavy atom. The molecule has 0 aliphatic rings. The zero-order valence-electron chi connectivity index (χ0n) is 15.9. The molecule has 2 unspecified atom stereocenters. The highest BCUT2D eigenvalue weighted by Gasteiger charge is 2.48. The third-order valence-corrected chi connectivity index (χ3v) is 4.20. The number of unbranched alkanes of at least 4 members (excludes halogenated alkanes) is 2. The van der Waals surface area contributed by atoms with E-state index in [1.54, 1.807) is 31.4 Å². The maximum absolute atomic E-state index is 12.2. The smallest absolute Gasteiger partial charge is 0.339 e. The van der Waals surface area contributed by atoms with E-state index >= 15 is 0 Å². The molecule has 6 heteroatoms. The highest BCUT2D eigenvalue weighted by molar-refractivity contribution is 5.84. The molecule has 0 aromatic heterocycles. The molecular formula is C20H30O6. The highest BCUT2D eigenvalue weighted by Crippen LogP contribution is 2.27. The van der Waals surface area contributed by atoms with Crippen molar-refractivity contribution in [2.24, 2.45) is 0 Å². The van der Waals surface area contributed by atoms with Gasteiger partial charge in [0, 0.05) is 19.6 Å². The zero-order chi connectivity index (χ0) is 19.4. The van der Waals surface area contributed by atoms with Crippen LogP contribution in [-0.4, -0.2) is 49.4 Å². The maximum Gasteiger partial charge on any atom is 0.339 e. The van der Waals surface area contributed by atoms with Gasteiger partial charge in [-0.1, -0.05) is 38.8 Å². The van der Waals surface area contributed by atoms with Crippen molar-refractivity contribution in [1.29, 1.82) is 0 Å². The van der Waals surface area contributed by atoms with Crippen LogP contribution >= 0.6 is 0 Å². The summed E-state index contributed by atoms with van der Waals surface area (Å²) in [5.74, 6) is -0.588. The quantitative estimate of drug-likeness (QED) is 0.402. The number of benzene rings is 1. The Morgan fingerprint density at radius 1 is 1.23 bits per heavy atom. The van der Waals surface area contributed by atoms with E-state index in [1.807, 2.05) is 13.8 Å². The first-order valence-corrected chi connectivity index (χ1v) is 9.11. The maximum atomic E-state index is 12.2. The minimum atomic E-state index is -1.77. The summed E-state index contributed by atoms with van der Waals surface area (Å²) in [6.45, 7) is 4.54. The summed E-state index contributed by atoms with van der Waals surface area (Å²) in [5.41, 5.74) is -1.06. The number of methoxy groups -OCH3 is 1. The van der Waals surface area contributed by atoms with Gasteiger partial charge in [-0.15, -0.1) is 0 Å². The van der Waals surface area contributed by atoms with Gasteiger partial charge in [-0.2, -0.15) is 0 Å². The summed E-state index contributed by atoms with van der Waals surface area (Å²) < 4.78 is 16.6. The summed E-state index contributed by atoms with van der Waals surface area (Å²) in [6.07, 6.45) is 2.56. The third-order valence-electron chi connectivity index (χ3n) is 4.20. The van der Waals surface area contributed by atoms with Gasteiger partial charge in [0.15, 0.2) is 12.4 Å². The fourth-order valence-corrected chi connectivity index (χ4v) is 2.62. The van der Waals surface area contributed by atoms with Crippen molar-refractivity contribution in [2.75, 3.05) is 20.3 Å². The summed E-state index contributed by atoms with van der Waals surface area (Å²) >= 11 is 0. The standard InChI is InChI=1S/C20H30O6/c1-4-6-11-25-18(15-21)20(19(22)23,26-12-7-5-2)14-16-9-8-10-17(13-16)24-3/h8-10,13,15,18H,4-7,11-12,14H2,1-3H3,(H,22,23). The van der Waals surface area contributed by atoms with Crippen molar-refractivity contribution < 1.29 is 28.9 Å². The van der Waals surface area contributed by atoms with Gasteiger partial charge in [-0.05, 0) is 30.5 Å². The van der Waals surface area contributed by atoms with Crippen molar-refractivity contribution in [3.8, 4) is 5.75 Å². The number of aldehydes is 1. The van der Waals surface area contributed by atoms with Crippen molar-refractivity contribution in [3.05, 3.63) is 29.8 Å². The molecule has 0 bridgehead atoms. The van der Waals surface area contributed by atoms with Gasteiger partial charge in [-0.25, -0.2) is 4.79 Å². The van der Waals surface area contributed by atoms with E-state index < -0.39 is 17.7 Å². The molecule has 0 heterocycles. The van der Waals surface area contributed by atoms with Crippen LogP contribution in [0.4, 0.5) is 0 Å². The SMILES string of the molecule is CCCCOC(C=O)C(Cc1cccc(OC)c1)(OCCCC)C(=O)O. The molecule has 1 N–H and O–H groups in total. The Labute approximate surface area is 155 Å². The number of hydrogen-bond donors (Lipinski definition) is 1. The number of carboxylic acid groups (broad SMARTS) is 1. The second-order valence-electron chi connectivity index (χ2n) is 6.21. The molecule has 0 fully saturated rings. The first-order chi connectivity index (χ1) is 12.5. The lowest BCUT2D eigenvalue weighted by molar-refractivity contribution is -0.189. The van der Waals surface area contributed by atoms with Gasteiger partial charge < -0.3 is 24.1 Å². The summed E-state index contributed by atoms with van der Waals surface area (Å²) in [4.78, 5) is 23.9. The van der Waals surface area contributed by atoms with Gasteiger partial charge in [0.25, 0.3) is 0 Å². The number of carbonyl (C=O) groups excluding carboxylic acids is 1. The molecule has 1 aromatic carbocycles. The molecule has 0 radical (unpaired) electrons. The molecule has 0 amide bonds. The topological polar surface area (TPSA) is 82.1 Å². The largest absolute Gasteiger partial charge is 0.497 e. The van der Waals surface area contributed by atoms with Gasteiger partial charge in [0.2, 0.25) is 5.60 Å². The van der Waals surface area contributed by atoms with Crippen molar-refractivity contribution in [1.82, 2.24) is 0 Å². The third kappa shape index (κ3) is 6.11. The molecule has 0 saturated carbocycles. The van der Waals surface area contributed by atoms with Gasteiger partial charge in [0.05, 0.1) is 7.11 Å². The van der Waals surface area contributed by atoms with E-state index in [0.717, 1.165) is 19.3 Å². The number of carboxylic acids is 1. The van der Waals surface area contributed by atoms with Gasteiger partial charge in [0.1, 0.15) is 5.75 Å². The normalized spacial score (nSPS) is 14.4. The van der Waals surface area contributed by atoms with Crippen LogP contribution in [0.2, 0.25) is 0 Å². The molecule has 146 valence electrons. The lowest BCUT2D eigenvalue weighted by Gasteiger charge is -2.34. The van der Waals surface area contributed by atoms with Crippen molar-refractivity contribution >= 4 is 12.3 Å². The first kappa shape index (κ1) is 22.1. The number of aliphatic carboxylic acids is 1. The summed E-state index contributed by atoms with van der Waals surface area (Å²) in [5, 5.41) is 9.97. The first-order valence-electron chi connectivity index (χ1n) is 9.11. The van der Waals surface area contributed by atoms with Crippen molar-refractivity contribution in [3.63, 3.8) is 0 Å². The van der Waals surface area contributed by atoms with E-state index in [1.165, 1.54) is 0 Å². The van der Waals surface area contributed by atoms with E-state index in [4.69, 9.17) is 14.2 Å². The second kappa shape index (κ2) is 11.6. The van der Waals surface area contributed by atoms with E-state index in [-0.39, 0.29) is 13.0 Å². The summed E-state index contributed by atoms with van der Waals surface area (Å²) in [6, 6.07) is 7.09. The molecule has 0 saturated heterocycles. The number of hydrogen-bond acceptors (Lipinski definition) is 5. The van der Waals surface area contributed by atoms with Crippen LogP contribution in [-0.2, 0) is 25.5 Å². The predicted octanol–water partition coefficient (Wildman–Crippen LogP) is 3.26. The molecule has 6 nitrogen and oxygen atoms in total. The highest BCUT2D eigenvalue weighted by atomic mass is 16.6. The lowest BCUT2D eigenvalue weighted by Crippen LogP contribution is -2.55. The Bertz CT molecular complexity index is 559. The van der Waals surface area contributed by atoms with Crippen LogP contribution in [0.1, 0.15) is 45.1 Å². The number of ether oxygens (including phenoxy) is 3. The van der Waals surface area contributed by atoms with Crippen molar-refractivity contribution in [2.45, 2.75) is 57.7 Å². The Hall–Kier alpha value is -1.92. The molecule has 26 heavy (non-hydrogen) atoms. The average molecular weight is 366 g/mol.